The number of para-hydroxylation sites is 1. The molecular weight excluding hydrogens is 653 g/mol. The normalized spacial score (nSPS) is 11.7. The molecule has 2 heteroatoms. The quantitative estimate of drug-likeness (QED) is 0.172. The molecular formula is C52H32N2. The summed E-state index contributed by atoms with van der Waals surface area (Å²) in [4.78, 5) is 10.2. The predicted molar refractivity (Wildman–Crippen MR) is 229 cm³/mol. The molecule has 0 fully saturated rings. The van der Waals surface area contributed by atoms with Crippen LogP contribution >= 0.6 is 0 Å². The Bertz CT molecular complexity index is 3280. The fourth-order valence-electron chi connectivity index (χ4n) is 8.52. The molecule has 0 bridgehead atoms. The van der Waals surface area contributed by atoms with Crippen LogP contribution in [0.3, 0.4) is 0 Å². The zero-order valence-corrected chi connectivity index (χ0v) is 29.4. The summed E-state index contributed by atoms with van der Waals surface area (Å²) in [6.45, 7) is 0. The number of fused-ring (bicyclic) bond motifs is 8. The van der Waals surface area contributed by atoms with Crippen LogP contribution in [0.2, 0.25) is 0 Å². The molecule has 2 heterocycles. The first-order valence-corrected chi connectivity index (χ1v) is 18.5. The number of benzene rings is 9. The second-order valence-corrected chi connectivity index (χ2v) is 14.1. The Morgan fingerprint density at radius 2 is 0.833 bits per heavy atom. The van der Waals surface area contributed by atoms with Crippen molar-refractivity contribution in [2.45, 2.75) is 0 Å². The van der Waals surface area contributed by atoms with Crippen LogP contribution in [0.1, 0.15) is 0 Å². The molecule has 0 amide bonds. The van der Waals surface area contributed by atoms with Gasteiger partial charge >= 0.3 is 0 Å². The standard InChI is InChI=1S/C52H32N2/c1-3-18-39-36(12-1)29-46(44-22-7-5-20-42(39)44)38-25-26-50-49(31-38)47(35-16-9-15-34(28-35)41-24-10-14-33-17-11-27-53-52(33)41)32-51(54-50)48-30-37-13-2-4-19-40(37)43-21-6-8-23-45(43)48/h1-32H. The van der Waals surface area contributed by atoms with E-state index in [0.29, 0.717) is 0 Å². The Morgan fingerprint density at radius 1 is 0.296 bits per heavy atom. The van der Waals surface area contributed by atoms with Gasteiger partial charge in [-0.05, 0) is 113 Å². The van der Waals surface area contributed by atoms with E-state index >= 15 is 0 Å². The van der Waals surface area contributed by atoms with Crippen LogP contribution in [0.25, 0.3) is 110 Å². The Morgan fingerprint density at radius 3 is 1.57 bits per heavy atom. The lowest BCUT2D eigenvalue weighted by Crippen LogP contribution is -1.93. The third-order valence-corrected chi connectivity index (χ3v) is 11.0. The summed E-state index contributed by atoms with van der Waals surface area (Å²) in [6, 6.07) is 68.1. The van der Waals surface area contributed by atoms with Gasteiger partial charge < -0.3 is 0 Å². The molecule has 250 valence electrons. The largest absolute Gasteiger partial charge is 0.256 e. The zero-order chi connectivity index (χ0) is 35.6. The molecule has 0 atom stereocenters. The van der Waals surface area contributed by atoms with Gasteiger partial charge in [0.1, 0.15) is 0 Å². The SMILES string of the molecule is c1cc(-c2cc(-c3cc4ccccc4c4ccccc34)nc3ccc(-c4cc5ccccc5c5ccccc45)cc23)cc(-c2cccc3cccnc23)c1. The zero-order valence-electron chi connectivity index (χ0n) is 29.4. The van der Waals surface area contributed by atoms with E-state index < -0.39 is 0 Å². The van der Waals surface area contributed by atoms with Crippen molar-refractivity contribution in [2.75, 3.05) is 0 Å². The topological polar surface area (TPSA) is 25.8 Å². The maximum absolute atomic E-state index is 5.45. The van der Waals surface area contributed by atoms with Crippen molar-refractivity contribution in [1.82, 2.24) is 9.97 Å². The van der Waals surface area contributed by atoms with E-state index in [9.17, 15) is 0 Å². The van der Waals surface area contributed by atoms with Crippen molar-refractivity contribution in [3.05, 3.63) is 194 Å². The smallest absolute Gasteiger partial charge is 0.0780 e. The van der Waals surface area contributed by atoms with Crippen LogP contribution in [0.5, 0.6) is 0 Å². The number of pyridine rings is 2. The molecule has 0 saturated heterocycles. The minimum Gasteiger partial charge on any atom is -0.256 e. The Hall–Kier alpha value is -7.16. The van der Waals surface area contributed by atoms with E-state index in [1.165, 1.54) is 54.2 Å². The molecule has 0 aliphatic heterocycles. The Labute approximate surface area is 312 Å². The van der Waals surface area contributed by atoms with Crippen molar-refractivity contribution in [2.24, 2.45) is 0 Å². The van der Waals surface area contributed by atoms with Gasteiger partial charge in [0.05, 0.1) is 16.7 Å². The summed E-state index contributed by atoms with van der Waals surface area (Å²) in [6.07, 6.45) is 1.88. The molecule has 0 N–H and O–H groups in total. The summed E-state index contributed by atoms with van der Waals surface area (Å²) in [5, 5.41) is 12.2. The van der Waals surface area contributed by atoms with Crippen LogP contribution in [-0.4, -0.2) is 9.97 Å². The van der Waals surface area contributed by atoms with Gasteiger partial charge in [0.15, 0.2) is 0 Å². The monoisotopic (exact) mass is 684 g/mol. The second kappa shape index (κ2) is 12.2. The first kappa shape index (κ1) is 30.5. The van der Waals surface area contributed by atoms with Crippen LogP contribution in [0.15, 0.2) is 194 Å². The lowest BCUT2D eigenvalue weighted by Gasteiger charge is -2.16. The predicted octanol–water partition coefficient (Wildman–Crippen LogP) is 14.1. The van der Waals surface area contributed by atoms with Gasteiger partial charge in [0.25, 0.3) is 0 Å². The fourth-order valence-corrected chi connectivity index (χ4v) is 8.52. The molecule has 54 heavy (non-hydrogen) atoms. The van der Waals surface area contributed by atoms with Gasteiger partial charge in [-0.2, -0.15) is 0 Å². The highest BCUT2D eigenvalue weighted by atomic mass is 14.7. The molecule has 0 aliphatic rings. The first-order valence-electron chi connectivity index (χ1n) is 18.5. The molecule has 0 aliphatic carbocycles. The minimum absolute atomic E-state index is 0.959. The van der Waals surface area contributed by atoms with Crippen molar-refractivity contribution in [3.8, 4) is 44.6 Å². The Balaban J connectivity index is 1.19. The summed E-state index contributed by atoms with van der Waals surface area (Å²) >= 11 is 0. The molecule has 0 saturated carbocycles. The molecule has 11 aromatic rings. The lowest BCUT2D eigenvalue weighted by molar-refractivity contribution is 1.40. The van der Waals surface area contributed by atoms with Gasteiger partial charge in [0, 0.05) is 28.1 Å². The summed E-state index contributed by atoms with van der Waals surface area (Å²) < 4.78 is 0. The lowest BCUT2D eigenvalue weighted by atomic mass is 9.90. The van der Waals surface area contributed by atoms with Gasteiger partial charge in [-0.25, -0.2) is 4.98 Å². The highest BCUT2D eigenvalue weighted by Crippen LogP contribution is 2.42. The van der Waals surface area contributed by atoms with E-state index in [1.54, 1.807) is 0 Å². The van der Waals surface area contributed by atoms with Crippen LogP contribution in [0.4, 0.5) is 0 Å². The van der Waals surface area contributed by atoms with Gasteiger partial charge in [-0.15, -0.1) is 0 Å². The van der Waals surface area contributed by atoms with Crippen molar-refractivity contribution >= 4 is 64.9 Å². The van der Waals surface area contributed by atoms with E-state index in [4.69, 9.17) is 9.97 Å². The maximum Gasteiger partial charge on any atom is 0.0780 e. The first-order chi connectivity index (χ1) is 26.8. The third kappa shape index (κ3) is 4.88. The molecule has 11 rings (SSSR count). The molecule has 0 unspecified atom stereocenters. The number of hydrogen-bond donors (Lipinski definition) is 0. The van der Waals surface area contributed by atoms with Crippen LogP contribution < -0.4 is 0 Å². The molecule has 0 spiro atoms. The minimum atomic E-state index is 0.959. The average molecular weight is 685 g/mol. The molecule has 9 aromatic carbocycles. The van der Waals surface area contributed by atoms with E-state index in [1.807, 2.05) is 12.3 Å². The van der Waals surface area contributed by atoms with E-state index in [2.05, 4.69) is 182 Å². The van der Waals surface area contributed by atoms with E-state index in [-0.39, 0.29) is 0 Å². The number of nitrogens with zero attached hydrogens (tertiary/aromatic N) is 2. The highest BCUT2D eigenvalue weighted by molar-refractivity contribution is 6.16. The number of aromatic nitrogens is 2. The maximum atomic E-state index is 5.45. The summed E-state index contributed by atoms with van der Waals surface area (Å²) in [5.74, 6) is 0. The van der Waals surface area contributed by atoms with Crippen molar-refractivity contribution in [3.63, 3.8) is 0 Å². The summed E-state index contributed by atoms with van der Waals surface area (Å²) in [7, 11) is 0. The van der Waals surface area contributed by atoms with Crippen molar-refractivity contribution < 1.29 is 0 Å². The third-order valence-electron chi connectivity index (χ3n) is 11.0. The van der Waals surface area contributed by atoms with Crippen LogP contribution in [0, 0.1) is 0 Å². The van der Waals surface area contributed by atoms with Crippen molar-refractivity contribution in [1.29, 1.82) is 0 Å². The molecule has 2 aromatic heterocycles. The number of hydrogen-bond acceptors (Lipinski definition) is 2. The Kier molecular flexibility index (Phi) is 6.90. The van der Waals surface area contributed by atoms with E-state index in [0.717, 1.165) is 55.3 Å². The molecule has 2 nitrogen and oxygen atoms in total. The molecule has 0 radical (unpaired) electrons. The number of rotatable bonds is 4. The van der Waals surface area contributed by atoms with Gasteiger partial charge in [-0.1, -0.05) is 146 Å². The van der Waals surface area contributed by atoms with Gasteiger partial charge in [0.2, 0.25) is 0 Å². The summed E-state index contributed by atoms with van der Waals surface area (Å²) in [5.41, 5.74) is 11.0. The average Bonchev–Trinajstić information content (AvgIpc) is 3.25. The second-order valence-electron chi connectivity index (χ2n) is 14.1. The van der Waals surface area contributed by atoms with Crippen LogP contribution in [-0.2, 0) is 0 Å². The fraction of sp³-hybridized carbons (Fsp3) is 0. The highest BCUT2D eigenvalue weighted by Gasteiger charge is 2.17. The van der Waals surface area contributed by atoms with Gasteiger partial charge in [-0.3, -0.25) is 4.98 Å².